The Labute approximate surface area is 274 Å². The molecule has 3 aliphatic rings. The average molecular weight is 671 g/mol. The molecule has 0 bridgehead atoms. The first-order chi connectivity index (χ1) is 22.1. The van der Waals surface area contributed by atoms with E-state index in [4.69, 9.17) is 20.3 Å². The first-order valence-electron chi connectivity index (χ1n) is 16.2. The van der Waals surface area contributed by atoms with Crippen molar-refractivity contribution in [1.29, 1.82) is 0 Å². The Kier molecular flexibility index (Phi) is 8.88. The minimum atomic E-state index is -2.99. The van der Waals surface area contributed by atoms with Crippen molar-refractivity contribution in [3.05, 3.63) is 34.4 Å². The van der Waals surface area contributed by atoms with Crippen LogP contribution in [-0.2, 0) is 9.30 Å². The van der Waals surface area contributed by atoms with Gasteiger partial charge in [-0.05, 0) is 63.2 Å². The average Bonchev–Trinajstić information content (AvgIpc) is 3.59. The van der Waals surface area contributed by atoms with Gasteiger partial charge in [-0.3, -0.25) is 4.57 Å². The Morgan fingerprint density at radius 3 is 2.55 bits per heavy atom. The van der Waals surface area contributed by atoms with Gasteiger partial charge in [0, 0.05) is 45.0 Å². The summed E-state index contributed by atoms with van der Waals surface area (Å²) in [5, 5.41) is 5.97. The van der Waals surface area contributed by atoms with E-state index < -0.39 is 30.4 Å². The number of piperidine rings is 1. The van der Waals surface area contributed by atoms with Crippen LogP contribution in [0.1, 0.15) is 51.6 Å². The van der Waals surface area contributed by atoms with Crippen molar-refractivity contribution in [1.82, 2.24) is 39.8 Å². The van der Waals surface area contributed by atoms with E-state index in [1.807, 2.05) is 32.9 Å². The highest BCUT2D eigenvalue weighted by molar-refractivity contribution is 7.69. The van der Waals surface area contributed by atoms with Gasteiger partial charge in [0.25, 0.3) is 0 Å². The lowest BCUT2D eigenvalue weighted by molar-refractivity contribution is -0.115. The zero-order chi connectivity index (χ0) is 33.7. The van der Waals surface area contributed by atoms with Crippen molar-refractivity contribution in [3.63, 3.8) is 0 Å². The Hall–Kier alpha value is -3.52. The molecule has 0 aromatic carbocycles. The second kappa shape index (κ2) is 12.5. The topological polar surface area (TPSA) is 175 Å². The third kappa shape index (κ3) is 6.76. The molecular weight excluding hydrogens is 623 g/mol. The second-order valence-corrected chi connectivity index (χ2v) is 17.7. The van der Waals surface area contributed by atoms with Crippen LogP contribution in [0.2, 0.25) is 0 Å². The van der Waals surface area contributed by atoms with E-state index in [-0.39, 0.29) is 34.2 Å². The van der Waals surface area contributed by atoms with E-state index in [0.29, 0.717) is 6.54 Å². The predicted molar refractivity (Wildman–Crippen MR) is 181 cm³/mol. The summed E-state index contributed by atoms with van der Waals surface area (Å²) >= 11 is 0. The number of carbonyl (C=O) groups is 1. The molecule has 2 unspecified atom stereocenters. The zero-order valence-corrected chi connectivity index (χ0v) is 29.0. The number of morpholine rings is 1. The maximum absolute atomic E-state index is 14.3. The molecule has 0 saturated carbocycles. The van der Waals surface area contributed by atoms with Gasteiger partial charge in [0.15, 0.2) is 22.5 Å². The molecule has 15 nitrogen and oxygen atoms in total. The number of fused-ring (bicyclic) bond motifs is 1. The number of hydrogen-bond acceptors (Lipinski definition) is 12. The van der Waals surface area contributed by atoms with E-state index in [0.717, 1.165) is 74.7 Å². The predicted octanol–water partition coefficient (Wildman–Crippen LogP) is 1.25. The lowest BCUT2D eigenvalue weighted by Gasteiger charge is -2.46. The number of anilines is 2. The number of nitrogens with two attached hydrogens (primary N) is 1. The monoisotopic (exact) mass is 670 g/mol. The fraction of sp³-hybridized carbons (Fsp3) is 0.645. The quantitative estimate of drug-likeness (QED) is 0.321. The largest absolute Gasteiger partial charge is 0.432 e. The summed E-state index contributed by atoms with van der Waals surface area (Å²) in [6.07, 6.45) is 3.57. The number of carbonyl (C=O) groups excluding carboxylic acids is 1. The second-order valence-electron chi connectivity index (χ2n) is 14.6. The molecule has 16 heteroatoms. The van der Waals surface area contributed by atoms with Gasteiger partial charge in [-0.15, -0.1) is 4.73 Å². The fourth-order valence-electron chi connectivity index (χ4n) is 6.97. The molecule has 4 N–H and O–H groups in total. The van der Waals surface area contributed by atoms with Gasteiger partial charge >= 0.3 is 11.8 Å². The number of aromatic nitrogens is 5. The maximum Gasteiger partial charge on any atom is 0.432 e. The molecule has 2 atom stereocenters. The third-order valence-electron chi connectivity index (χ3n) is 9.33. The number of nitrogen functional groups attached to an aromatic ring is 1. The maximum atomic E-state index is 14.3. The van der Waals surface area contributed by atoms with Gasteiger partial charge in [-0.2, -0.15) is 0 Å². The molecule has 0 aliphatic carbocycles. The molecule has 3 aromatic rings. The minimum absolute atomic E-state index is 0.0311. The van der Waals surface area contributed by atoms with Crippen LogP contribution in [-0.4, -0.2) is 113 Å². The number of amides is 1. The number of ether oxygens (including phenoxy) is 1. The number of nitrogens with one attached hydrogen (secondary N) is 2. The van der Waals surface area contributed by atoms with E-state index >= 15 is 0 Å². The van der Waals surface area contributed by atoms with Gasteiger partial charge in [0.1, 0.15) is 13.0 Å². The zero-order valence-electron chi connectivity index (χ0n) is 28.2. The number of hydrogen-bond donors (Lipinski definition) is 3. The Morgan fingerprint density at radius 2 is 1.96 bits per heavy atom. The smallest absolute Gasteiger partial charge is 0.382 e. The van der Waals surface area contributed by atoms with Crippen molar-refractivity contribution in [3.8, 4) is 0 Å². The molecular formula is C31H47N10O5P. The summed E-state index contributed by atoms with van der Waals surface area (Å²) in [4.78, 5) is 51.2. The van der Waals surface area contributed by atoms with Crippen LogP contribution in [0.3, 0.4) is 0 Å². The summed E-state index contributed by atoms with van der Waals surface area (Å²) in [5.74, 6) is 0.737. The number of likely N-dealkylation sites (N-methyl/N-ethyl adjacent to an activating group) is 1. The summed E-state index contributed by atoms with van der Waals surface area (Å²) in [6.45, 7) is 14.8. The standard InChI is InChI=1S/C31H47N10O5P/c1-30(2,3)24(20-7-8-22(34-17-20)39-13-10-31(11-14-39)19-38(4)15-16-45-31)40-26-23(25(32)36-27(37-26)47(5,6)44)41(29(40)43)46-28(42)35-21-9-12-33-18-21/h7-8,17,21,24,33H,9-16,18-19H2,1-6H3,(H,35,42)(H2,32,36,37). The molecule has 6 heterocycles. The molecule has 1 spiro atoms. The summed E-state index contributed by atoms with van der Waals surface area (Å²) in [7, 11) is -0.844. The molecule has 0 radical (unpaired) electrons. The lowest BCUT2D eigenvalue weighted by Crippen LogP contribution is -2.56. The third-order valence-corrected chi connectivity index (χ3v) is 10.5. The molecule has 3 saturated heterocycles. The van der Waals surface area contributed by atoms with E-state index in [1.54, 1.807) is 6.20 Å². The normalized spacial score (nSPS) is 21.3. The van der Waals surface area contributed by atoms with E-state index in [9.17, 15) is 14.2 Å². The molecule has 3 aliphatic heterocycles. The minimum Gasteiger partial charge on any atom is -0.382 e. The highest BCUT2D eigenvalue weighted by Crippen LogP contribution is 2.39. The first-order valence-corrected chi connectivity index (χ1v) is 18.8. The van der Waals surface area contributed by atoms with Gasteiger partial charge in [0.05, 0.1) is 18.2 Å². The van der Waals surface area contributed by atoms with Gasteiger partial charge in [0.2, 0.25) is 0 Å². The van der Waals surface area contributed by atoms with Crippen LogP contribution in [0.15, 0.2) is 23.1 Å². The summed E-state index contributed by atoms with van der Waals surface area (Å²) in [5.41, 5.74) is 6.02. The molecule has 3 fully saturated rings. The Bertz CT molecular complexity index is 1730. The van der Waals surface area contributed by atoms with Gasteiger partial charge in [-0.25, -0.2) is 24.5 Å². The van der Waals surface area contributed by atoms with E-state index in [1.165, 1.54) is 17.9 Å². The van der Waals surface area contributed by atoms with Gasteiger partial charge in [-0.1, -0.05) is 26.8 Å². The molecule has 6 rings (SSSR count). The van der Waals surface area contributed by atoms with Crippen LogP contribution < -0.4 is 37.4 Å². The van der Waals surface area contributed by atoms with Crippen molar-refractivity contribution < 1.29 is 18.9 Å². The Morgan fingerprint density at radius 1 is 1.21 bits per heavy atom. The van der Waals surface area contributed by atoms with Crippen LogP contribution in [0.5, 0.6) is 0 Å². The van der Waals surface area contributed by atoms with Crippen molar-refractivity contribution >= 4 is 41.6 Å². The van der Waals surface area contributed by atoms with Crippen molar-refractivity contribution in [2.45, 2.75) is 57.7 Å². The number of nitrogens with zero attached hydrogens (tertiary/aromatic N) is 7. The SMILES string of the molecule is CN1CCOC2(CCN(c3ccc(C(n4c(=O)n(OC(=O)NC5CCNC5)c5c(N)nc(P(C)(C)=O)nc54)C(C)(C)C)cn3)CC2)C1. The van der Waals surface area contributed by atoms with Crippen LogP contribution in [0, 0.1) is 5.41 Å². The Balaban J connectivity index is 1.37. The highest BCUT2D eigenvalue weighted by Gasteiger charge is 2.40. The molecule has 1 amide bonds. The number of pyridine rings is 1. The number of rotatable bonds is 6. The van der Waals surface area contributed by atoms with Crippen LogP contribution >= 0.6 is 7.14 Å². The first kappa shape index (κ1) is 33.4. The lowest BCUT2D eigenvalue weighted by atomic mass is 9.82. The van der Waals surface area contributed by atoms with E-state index in [2.05, 4.69) is 37.4 Å². The fourth-order valence-corrected chi connectivity index (χ4v) is 7.65. The van der Waals surface area contributed by atoms with Crippen LogP contribution in [0.25, 0.3) is 11.2 Å². The van der Waals surface area contributed by atoms with Crippen LogP contribution in [0.4, 0.5) is 16.4 Å². The number of imidazole rings is 1. The van der Waals surface area contributed by atoms with Crippen molar-refractivity contribution in [2.24, 2.45) is 5.41 Å². The molecule has 47 heavy (non-hydrogen) atoms. The highest BCUT2D eigenvalue weighted by atomic mass is 31.2. The molecule has 256 valence electrons. The van der Waals surface area contributed by atoms with Crippen molar-refractivity contribution in [2.75, 3.05) is 76.9 Å². The van der Waals surface area contributed by atoms with Gasteiger partial charge < -0.3 is 40.3 Å². The molecule has 3 aromatic heterocycles. The summed E-state index contributed by atoms with van der Waals surface area (Å²) in [6, 6.07) is 3.20. The summed E-state index contributed by atoms with van der Waals surface area (Å²) < 4.78 is 21.7.